The lowest BCUT2D eigenvalue weighted by Gasteiger charge is -2.34. The topological polar surface area (TPSA) is 6.48 Å². The predicted octanol–water partition coefficient (Wildman–Crippen LogP) is 3.22. The zero-order valence-corrected chi connectivity index (χ0v) is 12.9. The highest BCUT2D eigenvalue weighted by Crippen LogP contribution is 2.17. The molecule has 1 saturated heterocycles. The summed E-state index contributed by atoms with van der Waals surface area (Å²) in [4.78, 5) is 5.14. The van der Waals surface area contributed by atoms with Gasteiger partial charge in [-0.05, 0) is 43.5 Å². The predicted molar refractivity (Wildman–Crippen MR) is 83.1 cm³/mol. The Morgan fingerprint density at radius 3 is 2.26 bits per heavy atom. The van der Waals surface area contributed by atoms with Gasteiger partial charge in [-0.3, -0.25) is 0 Å². The van der Waals surface area contributed by atoms with Crippen LogP contribution in [0.5, 0.6) is 0 Å². The molecule has 1 aromatic rings. The van der Waals surface area contributed by atoms with Crippen molar-refractivity contribution in [2.75, 3.05) is 39.3 Å². The van der Waals surface area contributed by atoms with Crippen LogP contribution in [0.4, 0.5) is 0 Å². The quantitative estimate of drug-likeness (QED) is 0.817. The lowest BCUT2D eigenvalue weighted by Crippen LogP contribution is -2.46. The second-order valence-electron chi connectivity index (χ2n) is 5.52. The van der Waals surface area contributed by atoms with E-state index in [1.165, 1.54) is 50.3 Å². The molecule has 1 aromatic carbocycles. The minimum atomic E-state index is 0.894. The third kappa shape index (κ3) is 4.48. The van der Waals surface area contributed by atoms with Crippen molar-refractivity contribution in [3.05, 3.63) is 34.3 Å². The number of piperazine rings is 1. The van der Waals surface area contributed by atoms with Crippen molar-refractivity contribution in [1.29, 1.82) is 0 Å². The highest BCUT2D eigenvalue weighted by Gasteiger charge is 2.15. The Morgan fingerprint density at radius 2 is 1.68 bits per heavy atom. The Kier molecular flexibility index (Phi) is 5.68. The smallest absolute Gasteiger partial charge is 0.0437 e. The first-order valence-electron chi connectivity index (χ1n) is 7.39. The van der Waals surface area contributed by atoms with Crippen LogP contribution in [0.1, 0.15) is 24.5 Å². The first kappa shape index (κ1) is 14.8. The summed E-state index contributed by atoms with van der Waals surface area (Å²) in [6.07, 6.45) is 2.37. The lowest BCUT2D eigenvalue weighted by atomic mass is 10.1. The van der Waals surface area contributed by atoms with Crippen molar-refractivity contribution in [3.8, 4) is 0 Å². The van der Waals surface area contributed by atoms with E-state index in [9.17, 15) is 0 Å². The van der Waals surface area contributed by atoms with Crippen LogP contribution in [0, 0.1) is 6.92 Å². The van der Waals surface area contributed by atoms with E-state index in [4.69, 9.17) is 11.6 Å². The van der Waals surface area contributed by atoms with E-state index in [-0.39, 0.29) is 0 Å². The Hall–Kier alpha value is -0.570. The first-order chi connectivity index (χ1) is 9.19. The molecule has 0 aliphatic carbocycles. The number of rotatable bonds is 5. The van der Waals surface area contributed by atoms with Gasteiger partial charge in [0.25, 0.3) is 0 Å². The highest BCUT2D eigenvalue weighted by molar-refractivity contribution is 6.31. The third-order valence-corrected chi connectivity index (χ3v) is 4.36. The molecule has 0 radical (unpaired) electrons. The van der Waals surface area contributed by atoms with Crippen molar-refractivity contribution < 1.29 is 0 Å². The van der Waals surface area contributed by atoms with Gasteiger partial charge in [-0.1, -0.05) is 30.7 Å². The Morgan fingerprint density at radius 1 is 1.05 bits per heavy atom. The van der Waals surface area contributed by atoms with Gasteiger partial charge in [-0.15, -0.1) is 0 Å². The van der Waals surface area contributed by atoms with Crippen LogP contribution in [0.2, 0.25) is 5.02 Å². The summed E-state index contributed by atoms with van der Waals surface area (Å²) in [5, 5.41) is 0.894. The molecular weight excluding hydrogens is 256 g/mol. The standard InChI is InChI=1S/C16H25ClN2/c1-3-7-18-9-11-19(12-10-18)8-6-15-5-4-14(2)16(17)13-15/h4-5,13H,3,6-12H2,1-2H3. The van der Waals surface area contributed by atoms with Gasteiger partial charge >= 0.3 is 0 Å². The molecule has 0 atom stereocenters. The van der Waals surface area contributed by atoms with Gasteiger partial charge in [0, 0.05) is 37.7 Å². The number of hydrogen-bond acceptors (Lipinski definition) is 2. The SMILES string of the molecule is CCCN1CCN(CCc2ccc(C)c(Cl)c2)CC1. The van der Waals surface area contributed by atoms with Gasteiger partial charge in [0.05, 0.1) is 0 Å². The van der Waals surface area contributed by atoms with Crippen LogP contribution in [0.25, 0.3) is 0 Å². The second kappa shape index (κ2) is 7.28. The van der Waals surface area contributed by atoms with Crippen molar-refractivity contribution in [3.63, 3.8) is 0 Å². The molecule has 0 spiro atoms. The maximum absolute atomic E-state index is 6.17. The Bertz CT molecular complexity index is 398. The number of halogens is 1. The zero-order chi connectivity index (χ0) is 13.7. The van der Waals surface area contributed by atoms with Gasteiger partial charge in [-0.2, -0.15) is 0 Å². The molecule has 1 fully saturated rings. The lowest BCUT2D eigenvalue weighted by molar-refractivity contribution is 0.133. The molecule has 0 unspecified atom stereocenters. The molecule has 0 bridgehead atoms. The first-order valence-corrected chi connectivity index (χ1v) is 7.76. The molecule has 2 nitrogen and oxygen atoms in total. The molecule has 3 heteroatoms. The second-order valence-corrected chi connectivity index (χ2v) is 5.92. The average molecular weight is 281 g/mol. The molecule has 0 saturated carbocycles. The minimum Gasteiger partial charge on any atom is -0.301 e. The molecule has 1 heterocycles. The number of aryl methyl sites for hydroxylation is 1. The fourth-order valence-electron chi connectivity index (χ4n) is 2.63. The van der Waals surface area contributed by atoms with Crippen molar-refractivity contribution in [2.24, 2.45) is 0 Å². The largest absolute Gasteiger partial charge is 0.301 e. The monoisotopic (exact) mass is 280 g/mol. The van der Waals surface area contributed by atoms with Gasteiger partial charge in [-0.25, -0.2) is 0 Å². The van der Waals surface area contributed by atoms with Crippen LogP contribution >= 0.6 is 11.6 Å². The Labute approximate surface area is 122 Å². The summed E-state index contributed by atoms with van der Waals surface area (Å²) in [6, 6.07) is 6.44. The van der Waals surface area contributed by atoms with E-state index in [0.717, 1.165) is 18.0 Å². The van der Waals surface area contributed by atoms with E-state index >= 15 is 0 Å². The summed E-state index contributed by atoms with van der Waals surface area (Å²) in [5.41, 5.74) is 2.52. The van der Waals surface area contributed by atoms with Gasteiger partial charge in [0.1, 0.15) is 0 Å². The summed E-state index contributed by atoms with van der Waals surface area (Å²) < 4.78 is 0. The maximum atomic E-state index is 6.17. The molecule has 0 amide bonds. The maximum Gasteiger partial charge on any atom is 0.0437 e. The fraction of sp³-hybridized carbons (Fsp3) is 0.625. The third-order valence-electron chi connectivity index (χ3n) is 3.96. The molecule has 1 aliphatic heterocycles. The van der Waals surface area contributed by atoms with E-state index in [0.29, 0.717) is 0 Å². The van der Waals surface area contributed by atoms with E-state index < -0.39 is 0 Å². The zero-order valence-electron chi connectivity index (χ0n) is 12.2. The average Bonchev–Trinajstić information content (AvgIpc) is 2.42. The summed E-state index contributed by atoms with van der Waals surface area (Å²) >= 11 is 6.17. The van der Waals surface area contributed by atoms with Crippen LogP contribution in [0.3, 0.4) is 0 Å². The van der Waals surface area contributed by atoms with Crippen LogP contribution in [-0.4, -0.2) is 49.1 Å². The fourth-order valence-corrected chi connectivity index (χ4v) is 2.83. The number of benzene rings is 1. The summed E-state index contributed by atoms with van der Waals surface area (Å²) in [5.74, 6) is 0. The molecule has 2 rings (SSSR count). The van der Waals surface area contributed by atoms with E-state index in [2.05, 4.69) is 41.8 Å². The van der Waals surface area contributed by atoms with Crippen LogP contribution < -0.4 is 0 Å². The molecular formula is C16H25ClN2. The van der Waals surface area contributed by atoms with Gasteiger partial charge in [0.15, 0.2) is 0 Å². The molecule has 0 aromatic heterocycles. The van der Waals surface area contributed by atoms with Crippen LogP contribution in [-0.2, 0) is 6.42 Å². The van der Waals surface area contributed by atoms with Gasteiger partial charge in [0.2, 0.25) is 0 Å². The Balaban J connectivity index is 1.75. The van der Waals surface area contributed by atoms with Crippen molar-refractivity contribution in [2.45, 2.75) is 26.7 Å². The molecule has 1 aliphatic rings. The van der Waals surface area contributed by atoms with E-state index in [1.54, 1.807) is 0 Å². The van der Waals surface area contributed by atoms with E-state index in [1.807, 2.05) is 0 Å². The summed E-state index contributed by atoms with van der Waals surface area (Å²) in [6.45, 7) is 11.6. The molecule has 106 valence electrons. The number of nitrogens with zero attached hydrogens (tertiary/aromatic N) is 2. The van der Waals surface area contributed by atoms with Gasteiger partial charge < -0.3 is 9.80 Å². The minimum absolute atomic E-state index is 0.894. The highest BCUT2D eigenvalue weighted by atomic mass is 35.5. The van der Waals surface area contributed by atoms with Crippen molar-refractivity contribution >= 4 is 11.6 Å². The van der Waals surface area contributed by atoms with Crippen molar-refractivity contribution in [1.82, 2.24) is 9.80 Å². The summed E-state index contributed by atoms with van der Waals surface area (Å²) in [7, 11) is 0. The van der Waals surface area contributed by atoms with Crippen LogP contribution in [0.15, 0.2) is 18.2 Å². The molecule has 0 N–H and O–H groups in total. The number of hydrogen-bond donors (Lipinski definition) is 0. The normalized spacial score (nSPS) is 17.8. The molecule has 19 heavy (non-hydrogen) atoms.